The fourth-order valence-electron chi connectivity index (χ4n) is 3.67. The summed E-state index contributed by atoms with van der Waals surface area (Å²) in [4.78, 5) is -0.0741. The third kappa shape index (κ3) is 7.40. The average molecular weight is 494 g/mol. The van der Waals surface area contributed by atoms with Gasteiger partial charge in [-0.15, -0.1) is 0 Å². The SMILES string of the molecule is O=S(=O)(O)c1ccccc1.c1ccc(Cc2ccc(-c3ccc(Nc4ccccc4)cc3)cc2)cc1. The molecule has 0 fully saturated rings. The number of nitrogens with one attached hydrogen (secondary N) is 1. The first-order valence-electron chi connectivity index (χ1n) is 11.6. The molecule has 4 nitrogen and oxygen atoms in total. The molecule has 0 aromatic heterocycles. The predicted octanol–water partition coefficient (Wildman–Crippen LogP) is 7.62. The van der Waals surface area contributed by atoms with Crippen molar-refractivity contribution in [2.75, 3.05) is 5.32 Å². The molecule has 0 heterocycles. The second-order valence-electron chi connectivity index (χ2n) is 8.22. The van der Waals surface area contributed by atoms with Gasteiger partial charge in [-0.3, -0.25) is 4.55 Å². The van der Waals surface area contributed by atoms with Gasteiger partial charge in [0.25, 0.3) is 10.1 Å². The summed E-state index contributed by atoms with van der Waals surface area (Å²) in [5.74, 6) is 0. The number of para-hydroxylation sites is 1. The maximum Gasteiger partial charge on any atom is 0.294 e. The first kappa shape index (κ1) is 24.9. The summed E-state index contributed by atoms with van der Waals surface area (Å²) < 4.78 is 29.2. The van der Waals surface area contributed by atoms with Crippen molar-refractivity contribution in [1.82, 2.24) is 0 Å². The molecule has 36 heavy (non-hydrogen) atoms. The van der Waals surface area contributed by atoms with Gasteiger partial charge in [-0.1, -0.05) is 103 Å². The molecule has 0 aliphatic heterocycles. The van der Waals surface area contributed by atoms with Crippen LogP contribution in [0, 0.1) is 0 Å². The topological polar surface area (TPSA) is 66.4 Å². The highest BCUT2D eigenvalue weighted by Crippen LogP contribution is 2.24. The summed E-state index contributed by atoms with van der Waals surface area (Å²) in [5, 5.41) is 3.42. The van der Waals surface area contributed by atoms with Crippen molar-refractivity contribution in [2.24, 2.45) is 0 Å². The van der Waals surface area contributed by atoms with Crippen LogP contribution >= 0.6 is 0 Å². The monoisotopic (exact) mass is 493 g/mol. The molecule has 0 spiro atoms. The lowest BCUT2D eigenvalue weighted by molar-refractivity contribution is 0.483. The molecule has 5 heteroatoms. The van der Waals surface area contributed by atoms with Crippen molar-refractivity contribution < 1.29 is 13.0 Å². The minimum atomic E-state index is -4.00. The minimum Gasteiger partial charge on any atom is -0.356 e. The molecule has 0 aliphatic rings. The Morgan fingerprint density at radius 1 is 0.500 bits per heavy atom. The molecule has 5 aromatic carbocycles. The Kier molecular flexibility index (Phi) is 8.29. The molecule has 0 aliphatic carbocycles. The summed E-state index contributed by atoms with van der Waals surface area (Å²) in [6.45, 7) is 0. The molecule has 5 rings (SSSR count). The van der Waals surface area contributed by atoms with Gasteiger partial charge in [0.1, 0.15) is 0 Å². The standard InChI is InChI=1S/C25H21N.C6H6O3S/c1-3-7-20(8-4-1)19-21-11-13-22(14-12-21)23-15-17-25(18-16-23)26-24-9-5-2-6-10-24;7-10(8,9)6-4-2-1-3-5-6/h1-18,26H,19H2;1-5H,(H,7,8,9). The van der Waals surface area contributed by atoms with Gasteiger partial charge in [-0.2, -0.15) is 8.42 Å². The highest BCUT2D eigenvalue weighted by atomic mass is 32.2. The van der Waals surface area contributed by atoms with Crippen LogP contribution in [0.1, 0.15) is 11.1 Å². The fourth-order valence-corrected chi connectivity index (χ4v) is 4.17. The van der Waals surface area contributed by atoms with Crippen molar-refractivity contribution in [2.45, 2.75) is 11.3 Å². The van der Waals surface area contributed by atoms with E-state index in [1.807, 2.05) is 18.2 Å². The van der Waals surface area contributed by atoms with E-state index in [1.54, 1.807) is 18.2 Å². The second-order valence-corrected chi connectivity index (χ2v) is 9.64. The Balaban J connectivity index is 0.000000256. The molecule has 0 bridgehead atoms. The number of hydrogen-bond acceptors (Lipinski definition) is 3. The second kappa shape index (κ2) is 12.0. The highest BCUT2D eigenvalue weighted by molar-refractivity contribution is 7.85. The molecular weight excluding hydrogens is 466 g/mol. The van der Waals surface area contributed by atoms with Crippen LogP contribution in [-0.4, -0.2) is 13.0 Å². The van der Waals surface area contributed by atoms with E-state index in [9.17, 15) is 8.42 Å². The largest absolute Gasteiger partial charge is 0.356 e. The Morgan fingerprint density at radius 3 is 1.42 bits per heavy atom. The van der Waals surface area contributed by atoms with Gasteiger partial charge in [0.05, 0.1) is 4.90 Å². The van der Waals surface area contributed by atoms with Gasteiger partial charge in [0, 0.05) is 11.4 Å². The fraction of sp³-hybridized carbons (Fsp3) is 0.0323. The molecule has 0 unspecified atom stereocenters. The summed E-state index contributed by atoms with van der Waals surface area (Å²) in [6.07, 6.45) is 0.973. The van der Waals surface area contributed by atoms with Crippen molar-refractivity contribution in [1.29, 1.82) is 0 Å². The zero-order valence-corrected chi connectivity index (χ0v) is 20.5. The van der Waals surface area contributed by atoms with Gasteiger partial charge in [-0.05, 0) is 65.1 Å². The van der Waals surface area contributed by atoms with E-state index in [0.29, 0.717) is 0 Å². The Bertz CT molecular complexity index is 1370. The van der Waals surface area contributed by atoms with Gasteiger partial charge in [0.2, 0.25) is 0 Å². The maximum atomic E-state index is 10.4. The van der Waals surface area contributed by atoms with Crippen LogP contribution in [0.15, 0.2) is 144 Å². The molecule has 5 aromatic rings. The first-order valence-corrected chi connectivity index (χ1v) is 13.0. The molecule has 180 valence electrons. The molecule has 0 radical (unpaired) electrons. The lowest BCUT2D eigenvalue weighted by Crippen LogP contribution is -1.96. The van der Waals surface area contributed by atoms with Crippen LogP contribution in [0.4, 0.5) is 11.4 Å². The van der Waals surface area contributed by atoms with E-state index in [1.165, 1.54) is 34.4 Å². The van der Waals surface area contributed by atoms with E-state index < -0.39 is 10.1 Å². The zero-order chi connectivity index (χ0) is 25.2. The minimum absolute atomic E-state index is 0.0741. The summed E-state index contributed by atoms with van der Waals surface area (Å²) in [7, 11) is -4.00. The van der Waals surface area contributed by atoms with E-state index in [-0.39, 0.29) is 4.90 Å². The van der Waals surface area contributed by atoms with E-state index in [0.717, 1.165) is 17.8 Å². The third-order valence-electron chi connectivity index (χ3n) is 5.53. The average Bonchev–Trinajstić information content (AvgIpc) is 2.91. The van der Waals surface area contributed by atoms with Gasteiger partial charge < -0.3 is 5.32 Å². The molecular formula is C31H27NO3S. The molecule has 0 amide bonds. The number of hydrogen-bond donors (Lipinski definition) is 2. The van der Waals surface area contributed by atoms with Gasteiger partial charge in [-0.25, -0.2) is 0 Å². The van der Waals surface area contributed by atoms with Crippen molar-refractivity contribution >= 4 is 21.5 Å². The van der Waals surface area contributed by atoms with Crippen LogP contribution in [-0.2, 0) is 16.5 Å². The predicted molar refractivity (Wildman–Crippen MR) is 147 cm³/mol. The van der Waals surface area contributed by atoms with Crippen molar-refractivity contribution in [3.63, 3.8) is 0 Å². The summed E-state index contributed by atoms with van der Waals surface area (Å²) in [5.41, 5.74) is 7.35. The quantitative estimate of drug-likeness (QED) is 0.239. The Hall–Kier alpha value is -4.19. The Morgan fingerprint density at radius 2 is 0.917 bits per heavy atom. The highest BCUT2D eigenvalue weighted by Gasteiger charge is 2.05. The maximum absolute atomic E-state index is 10.4. The van der Waals surface area contributed by atoms with E-state index >= 15 is 0 Å². The lowest BCUT2D eigenvalue weighted by atomic mass is 10.0. The lowest BCUT2D eigenvalue weighted by Gasteiger charge is -2.08. The normalized spacial score (nSPS) is 10.7. The molecule has 0 saturated carbocycles. The van der Waals surface area contributed by atoms with Crippen LogP contribution in [0.25, 0.3) is 11.1 Å². The van der Waals surface area contributed by atoms with Crippen LogP contribution in [0.5, 0.6) is 0 Å². The smallest absolute Gasteiger partial charge is 0.294 e. The first-order chi connectivity index (χ1) is 17.5. The van der Waals surface area contributed by atoms with Crippen molar-refractivity contribution in [3.8, 4) is 11.1 Å². The molecule has 0 atom stereocenters. The Labute approximate surface area is 212 Å². The van der Waals surface area contributed by atoms with Crippen molar-refractivity contribution in [3.05, 3.63) is 151 Å². The third-order valence-corrected chi connectivity index (χ3v) is 6.39. The van der Waals surface area contributed by atoms with Crippen LogP contribution in [0.2, 0.25) is 0 Å². The van der Waals surface area contributed by atoms with E-state index in [4.69, 9.17) is 4.55 Å². The number of benzene rings is 5. The van der Waals surface area contributed by atoms with E-state index in [2.05, 4.69) is 96.3 Å². The molecule has 2 N–H and O–H groups in total. The number of anilines is 2. The van der Waals surface area contributed by atoms with Gasteiger partial charge in [0.15, 0.2) is 0 Å². The van der Waals surface area contributed by atoms with Crippen LogP contribution < -0.4 is 5.32 Å². The zero-order valence-electron chi connectivity index (χ0n) is 19.7. The van der Waals surface area contributed by atoms with Crippen LogP contribution in [0.3, 0.4) is 0 Å². The van der Waals surface area contributed by atoms with Gasteiger partial charge >= 0.3 is 0 Å². The molecule has 0 saturated heterocycles. The number of rotatable bonds is 6. The summed E-state index contributed by atoms with van der Waals surface area (Å²) >= 11 is 0. The summed E-state index contributed by atoms with van der Waals surface area (Å²) in [6, 6.07) is 45.7.